The average Bonchev–Trinajstić information content (AvgIpc) is 2.11. The number of methoxy groups -OCH3 is 1. The van der Waals surface area contributed by atoms with Crippen molar-refractivity contribution in [2.24, 2.45) is 0 Å². The van der Waals surface area contributed by atoms with Gasteiger partial charge in [0.2, 0.25) is 0 Å². The molecule has 0 aliphatic carbocycles. The van der Waals surface area contributed by atoms with Crippen molar-refractivity contribution in [2.75, 3.05) is 12.8 Å². The molecule has 1 rings (SSSR count). The van der Waals surface area contributed by atoms with Crippen LogP contribution in [0.2, 0.25) is 5.02 Å². The van der Waals surface area contributed by atoms with E-state index in [0.717, 1.165) is 0 Å². The van der Waals surface area contributed by atoms with Gasteiger partial charge in [-0.3, -0.25) is 4.79 Å². The minimum atomic E-state index is -0.347. The van der Waals surface area contributed by atoms with Crippen LogP contribution >= 0.6 is 11.6 Å². The molecule has 0 saturated carbocycles. The molecule has 4 heteroatoms. The molecular weight excluding hydrogens is 190 g/mol. The van der Waals surface area contributed by atoms with Crippen LogP contribution in [0.25, 0.3) is 0 Å². The molecular formula is C9H10ClNO2. The van der Waals surface area contributed by atoms with Gasteiger partial charge in [-0.1, -0.05) is 17.7 Å². The molecule has 0 spiro atoms. The molecule has 3 nitrogen and oxygen atoms in total. The van der Waals surface area contributed by atoms with Crippen molar-refractivity contribution in [1.82, 2.24) is 0 Å². The number of carbonyl (C=O) groups excluding carboxylic acids is 1. The van der Waals surface area contributed by atoms with Crippen LogP contribution in [-0.4, -0.2) is 13.1 Å². The Balaban J connectivity index is 2.93. The average molecular weight is 200 g/mol. The molecule has 0 aliphatic rings. The SMILES string of the molecule is COC(=O)Cc1c(N)cccc1Cl. The van der Waals surface area contributed by atoms with Gasteiger partial charge < -0.3 is 10.5 Å². The van der Waals surface area contributed by atoms with Crippen molar-refractivity contribution >= 4 is 23.3 Å². The van der Waals surface area contributed by atoms with Gasteiger partial charge in [-0.05, 0) is 12.1 Å². The quantitative estimate of drug-likeness (QED) is 0.582. The van der Waals surface area contributed by atoms with Crippen molar-refractivity contribution in [3.05, 3.63) is 28.8 Å². The number of benzene rings is 1. The third-order valence-corrected chi connectivity index (χ3v) is 2.06. The molecule has 2 N–H and O–H groups in total. The molecule has 0 radical (unpaired) electrons. The summed E-state index contributed by atoms with van der Waals surface area (Å²) in [6.07, 6.45) is 0.113. The summed E-state index contributed by atoms with van der Waals surface area (Å²) >= 11 is 5.84. The van der Waals surface area contributed by atoms with Crippen LogP contribution in [0, 0.1) is 0 Å². The van der Waals surface area contributed by atoms with E-state index in [4.69, 9.17) is 17.3 Å². The van der Waals surface area contributed by atoms with Crippen LogP contribution in [0.1, 0.15) is 5.56 Å². The molecule has 0 amide bonds. The molecule has 0 heterocycles. The zero-order valence-corrected chi connectivity index (χ0v) is 7.97. The van der Waals surface area contributed by atoms with E-state index in [0.29, 0.717) is 16.3 Å². The number of carbonyl (C=O) groups is 1. The predicted molar refractivity (Wildman–Crippen MR) is 51.6 cm³/mol. The van der Waals surface area contributed by atoms with Gasteiger partial charge in [0, 0.05) is 16.3 Å². The maximum Gasteiger partial charge on any atom is 0.310 e. The number of rotatable bonds is 2. The maximum atomic E-state index is 10.9. The standard InChI is InChI=1S/C9H10ClNO2/c1-13-9(12)5-6-7(10)3-2-4-8(6)11/h2-4H,5,11H2,1H3. The van der Waals surface area contributed by atoms with Crippen LogP contribution < -0.4 is 5.73 Å². The van der Waals surface area contributed by atoms with Crippen molar-refractivity contribution in [1.29, 1.82) is 0 Å². The lowest BCUT2D eigenvalue weighted by molar-refractivity contribution is -0.139. The molecule has 0 saturated heterocycles. The van der Waals surface area contributed by atoms with Crippen molar-refractivity contribution in [2.45, 2.75) is 6.42 Å². The number of hydrogen-bond acceptors (Lipinski definition) is 3. The van der Waals surface area contributed by atoms with Gasteiger partial charge in [0.25, 0.3) is 0 Å². The molecule has 0 atom stereocenters. The van der Waals surface area contributed by atoms with Crippen LogP contribution in [0.4, 0.5) is 5.69 Å². The highest BCUT2D eigenvalue weighted by Gasteiger charge is 2.09. The van der Waals surface area contributed by atoms with Crippen molar-refractivity contribution in [3.63, 3.8) is 0 Å². The molecule has 13 heavy (non-hydrogen) atoms. The summed E-state index contributed by atoms with van der Waals surface area (Å²) in [5.41, 5.74) is 6.77. The largest absolute Gasteiger partial charge is 0.469 e. The Morgan fingerprint density at radius 2 is 2.31 bits per heavy atom. The Labute approximate surface area is 81.4 Å². The Morgan fingerprint density at radius 1 is 1.62 bits per heavy atom. The third kappa shape index (κ3) is 2.36. The van der Waals surface area contributed by atoms with Crippen molar-refractivity contribution < 1.29 is 9.53 Å². The van der Waals surface area contributed by atoms with Gasteiger partial charge in [-0.25, -0.2) is 0 Å². The number of nitrogen functional groups attached to an aromatic ring is 1. The zero-order valence-electron chi connectivity index (χ0n) is 7.21. The topological polar surface area (TPSA) is 52.3 Å². The van der Waals surface area contributed by atoms with Gasteiger partial charge in [-0.2, -0.15) is 0 Å². The summed E-state index contributed by atoms with van der Waals surface area (Å²) in [4.78, 5) is 10.9. The number of ether oxygens (including phenoxy) is 1. The minimum Gasteiger partial charge on any atom is -0.469 e. The second-order valence-electron chi connectivity index (χ2n) is 2.56. The Kier molecular flexibility index (Phi) is 3.14. The zero-order chi connectivity index (χ0) is 9.84. The Bertz CT molecular complexity index is 305. The number of esters is 1. The van der Waals surface area contributed by atoms with E-state index in [-0.39, 0.29) is 12.4 Å². The number of anilines is 1. The summed E-state index contributed by atoms with van der Waals surface area (Å²) in [5.74, 6) is -0.347. The van der Waals surface area contributed by atoms with E-state index in [1.54, 1.807) is 18.2 Å². The fourth-order valence-electron chi connectivity index (χ4n) is 0.978. The van der Waals surface area contributed by atoms with E-state index >= 15 is 0 Å². The molecule has 0 unspecified atom stereocenters. The lowest BCUT2D eigenvalue weighted by Gasteiger charge is -2.05. The lowest BCUT2D eigenvalue weighted by Crippen LogP contribution is -2.07. The number of nitrogens with two attached hydrogens (primary N) is 1. The summed E-state index contributed by atoms with van der Waals surface area (Å²) in [5, 5.41) is 0.491. The second-order valence-corrected chi connectivity index (χ2v) is 2.97. The molecule has 1 aromatic rings. The molecule has 0 aliphatic heterocycles. The molecule has 70 valence electrons. The van der Waals surface area contributed by atoms with Gasteiger partial charge in [0.1, 0.15) is 0 Å². The fraction of sp³-hybridized carbons (Fsp3) is 0.222. The van der Waals surface area contributed by atoms with Crippen LogP contribution in [-0.2, 0) is 16.0 Å². The van der Waals surface area contributed by atoms with Crippen LogP contribution in [0.3, 0.4) is 0 Å². The Hall–Kier alpha value is -1.22. The summed E-state index contributed by atoms with van der Waals surface area (Å²) in [7, 11) is 1.33. The summed E-state index contributed by atoms with van der Waals surface area (Å²) in [6.45, 7) is 0. The maximum absolute atomic E-state index is 10.9. The molecule has 1 aromatic carbocycles. The van der Waals surface area contributed by atoms with E-state index in [2.05, 4.69) is 4.74 Å². The lowest BCUT2D eigenvalue weighted by atomic mass is 10.1. The normalized spacial score (nSPS) is 9.69. The van der Waals surface area contributed by atoms with Gasteiger partial charge in [0.15, 0.2) is 0 Å². The molecule has 0 fully saturated rings. The van der Waals surface area contributed by atoms with Crippen LogP contribution in [0.15, 0.2) is 18.2 Å². The van der Waals surface area contributed by atoms with Crippen LogP contribution in [0.5, 0.6) is 0 Å². The minimum absolute atomic E-state index is 0.113. The highest BCUT2D eigenvalue weighted by molar-refractivity contribution is 6.31. The second kappa shape index (κ2) is 4.14. The number of halogens is 1. The van der Waals surface area contributed by atoms with E-state index in [1.165, 1.54) is 7.11 Å². The van der Waals surface area contributed by atoms with Gasteiger partial charge in [-0.15, -0.1) is 0 Å². The van der Waals surface area contributed by atoms with Crippen molar-refractivity contribution in [3.8, 4) is 0 Å². The first-order valence-corrected chi connectivity index (χ1v) is 4.12. The smallest absolute Gasteiger partial charge is 0.310 e. The van der Waals surface area contributed by atoms with E-state index < -0.39 is 0 Å². The molecule has 0 bridgehead atoms. The van der Waals surface area contributed by atoms with E-state index in [9.17, 15) is 4.79 Å². The first-order chi connectivity index (χ1) is 6.15. The summed E-state index contributed by atoms with van der Waals surface area (Å²) < 4.78 is 4.51. The van der Waals surface area contributed by atoms with Gasteiger partial charge >= 0.3 is 5.97 Å². The van der Waals surface area contributed by atoms with E-state index in [1.807, 2.05) is 0 Å². The number of hydrogen-bond donors (Lipinski definition) is 1. The highest BCUT2D eigenvalue weighted by atomic mass is 35.5. The molecule has 0 aromatic heterocycles. The summed E-state index contributed by atoms with van der Waals surface area (Å²) in [6, 6.07) is 5.12. The fourth-order valence-corrected chi connectivity index (χ4v) is 1.23. The first kappa shape index (κ1) is 9.86. The third-order valence-electron chi connectivity index (χ3n) is 1.70. The highest BCUT2D eigenvalue weighted by Crippen LogP contribution is 2.22. The van der Waals surface area contributed by atoms with Gasteiger partial charge in [0.05, 0.1) is 13.5 Å². The Morgan fingerprint density at radius 3 is 2.85 bits per heavy atom. The monoisotopic (exact) mass is 199 g/mol. The predicted octanol–water partition coefficient (Wildman–Crippen LogP) is 1.64. The first-order valence-electron chi connectivity index (χ1n) is 3.75.